The van der Waals surface area contributed by atoms with E-state index in [2.05, 4.69) is 37.4 Å². The average molecular weight is 629 g/mol. The zero-order valence-electron chi connectivity index (χ0n) is 28.7. The summed E-state index contributed by atoms with van der Waals surface area (Å²) in [6, 6.07) is -0.423. The minimum atomic E-state index is -0.826. The van der Waals surface area contributed by atoms with Gasteiger partial charge in [-0.3, -0.25) is 19.8 Å². The van der Waals surface area contributed by atoms with Crippen LogP contribution in [-0.4, -0.2) is 71.1 Å². The van der Waals surface area contributed by atoms with Gasteiger partial charge in [0.15, 0.2) is 0 Å². The van der Waals surface area contributed by atoms with Crippen molar-refractivity contribution < 1.29 is 19.5 Å². The molecule has 3 amide bonds. The molecule has 256 valence electrons. The lowest BCUT2D eigenvalue weighted by Gasteiger charge is -2.37. The van der Waals surface area contributed by atoms with E-state index in [0.717, 1.165) is 83.7 Å². The summed E-state index contributed by atoms with van der Waals surface area (Å²) in [5, 5.41) is 16.9. The molecule has 5 atom stereocenters. The van der Waals surface area contributed by atoms with Crippen LogP contribution in [0.2, 0.25) is 0 Å². The third-order valence-electron chi connectivity index (χ3n) is 10.5. The minimum Gasteiger partial charge on any atom is -0.390 e. The molecule has 0 bridgehead atoms. The van der Waals surface area contributed by atoms with Crippen molar-refractivity contribution in [2.24, 2.45) is 29.6 Å². The number of amides is 3. The predicted octanol–water partition coefficient (Wildman–Crippen LogP) is 5.83. The molecule has 8 nitrogen and oxygen atoms in total. The van der Waals surface area contributed by atoms with Gasteiger partial charge in [-0.1, -0.05) is 78.6 Å². The largest absolute Gasteiger partial charge is 0.390 e. The third-order valence-corrected chi connectivity index (χ3v) is 10.5. The van der Waals surface area contributed by atoms with Gasteiger partial charge in [0.25, 0.3) is 0 Å². The Morgan fingerprint density at radius 1 is 0.800 bits per heavy atom. The Kier molecular flexibility index (Phi) is 16.8. The lowest BCUT2D eigenvalue weighted by molar-refractivity contribution is -0.139. The number of hydrogen-bond acceptors (Lipinski definition) is 5. The molecule has 0 aliphatic heterocycles. The summed E-state index contributed by atoms with van der Waals surface area (Å²) in [4.78, 5) is 42.6. The van der Waals surface area contributed by atoms with Gasteiger partial charge in [-0.15, -0.1) is 12.3 Å². The Labute approximate surface area is 274 Å². The highest BCUT2D eigenvalue weighted by Crippen LogP contribution is 2.35. The molecular formula is C37H64N4O4. The molecule has 0 aromatic rings. The quantitative estimate of drug-likeness (QED) is 0.139. The molecule has 3 aliphatic rings. The molecule has 0 aromatic carbocycles. The van der Waals surface area contributed by atoms with Crippen molar-refractivity contribution in [1.82, 2.24) is 20.7 Å². The summed E-state index contributed by atoms with van der Waals surface area (Å²) in [6.45, 7) is 8.68. The molecule has 0 radical (unpaired) electrons. The Morgan fingerprint density at radius 2 is 1.42 bits per heavy atom. The predicted molar refractivity (Wildman–Crippen MR) is 181 cm³/mol. The lowest BCUT2D eigenvalue weighted by Crippen LogP contribution is -2.55. The van der Waals surface area contributed by atoms with Gasteiger partial charge in [0.05, 0.1) is 12.1 Å². The highest BCUT2D eigenvalue weighted by atomic mass is 16.3. The maximum atomic E-state index is 13.9. The summed E-state index contributed by atoms with van der Waals surface area (Å²) in [6.07, 6.45) is 22.3. The van der Waals surface area contributed by atoms with E-state index in [4.69, 9.17) is 6.42 Å². The Balaban J connectivity index is 1.72. The fourth-order valence-corrected chi connectivity index (χ4v) is 7.90. The number of aliphatic hydroxyl groups is 1. The lowest BCUT2D eigenvalue weighted by atomic mass is 9.74. The Bertz CT molecular complexity index is 933. The van der Waals surface area contributed by atoms with Crippen molar-refractivity contribution in [1.29, 1.82) is 0 Å². The van der Waals surface area contributed by atoms with Crippen LogP contribution in [0, 0.1) is 41.9 Å². The van der Waals surface area contributed by atoms with E-state index in [1.807, 2.05) is 9.91 Å². The second-order valence-electron chi connectivity index (χ2n) is 14.3. The first-order chi connectivity index (χ1) is 21.8. The van der Waals surface area contributed by atoms with E-state index in [9.17, 15) is 19.5 Å². The number of nitrogens with zero attached hydrogens (tertiary/aromatic N) is 2. The SMILES string of the molecule is C#CC1CC(C(=O)NC(CC2CCCCC2)C(O)CN(CCCC)NC(=O)C2CCCCC2)CC(C(=O)N(CCC)CCC)C1. The molecule has 0 aromatic heterocycles. The number of rotatable bonds is 17. The number of terminal acetylenes is 1. The Morgan fingerprint density at radius 3 is 2.02 bits per heavy atom. The number of hydrazine groups is 1. The van der Waals surface area contributed by atoms with Gasteiger partial charge in [0.1, 0.15) is 0 Å². The molecule has 0 spiro atoms. The first kappa shape index (κ1) is 37.3. The number of carbonyl (C=O) groups is 3. The number of aliphatic hydroxyl groups excluding tert-OH is 1. The van der Waals surface area contributed by atoms with Crippen LogP contribution in [0.3, 0.4) is 0 Å². The first-order valence-corrected chi connectivity index (χ1v) is 18.6. The normalized spacial score (nSPS) is 24.4. The van der Waals surface area contributed by atoms with E-state index in [1.54, 1.807) is 0 Å². The number of unbranched alkanes of at least 4 members (excludes halogenated alkanes) is 1. The van der Waals surface area contributed by atoms with E-state index >= 15 is 0 Å². The highest BCUT2D eigenvalue weighted by Gasteiger charge is 2.39. The van der Waals surface area contributed by atoms with E-state index in [-0.39, 0.29) is 47.9 Å². The average Bonchev–Trinajstić information content (AvgIpc) is 3.06. The molecule has 3 saturated carbocycles. The summed E-state index contributed by atoms with van der Waals surface area (Å²) >= 11 is 0. The van der Waals surface area contributed by atoms with E-state index in [1.165, 1.54) is 25.7 Å². The molecule has 45 heavy (non-hydrogen) atoms. The zero-order chi connectivity index (χ0) is 32.6. The smallest absolute Gasteiger partial charge is 0.237 e. The second-order valence-corrected chi connectivity index (χ2v) is 14.3. The van der Waals surface area contributed by atoms with Crippen LogP contribution in [0.15, 0.2) is 0 Å². The van der Waals surface area contributed by atoms with Crippen molar-refractivity contribution in [3.8, 4) is 12.3 Å². The van der Waals surface area contributed by atoms with Crippen molar-refractivity contribution in [2.75, 3.05) is 26.2 Å². The maximum absolute atomic E-state index is 13.9. The minimum absolute atomic E-state index is 0.0365. The molecule has 0 heterocycles. The number of hydrogen-bond donors (Lipinski definition) is 3. The van der Waals surface area contributed by atoms with Gasteiger partial charge in [0, 0.05) is 49.9 Å². The van der Waals surface area contributed by atoms with Crippen LogP contribution in [0.5, 0.6) is 0 Å². The van der Waals surface area contributed by atoms with Gasteiger partial charge in [-0.2, -0.15) is 0 Å². The molecule has 3 aliphatic carbocycles. The van der Waals surface area contributed by atoms with E-state index in [0.29, 0.717) is 31.7 Å². The topological polar surface area (TPSA) is 102 Å². The molecule has 0 saturated heterocycles. The molecule has 3 fully saturated rings. The van der Waals surface area contributed by atoms with Gasteiger partial charge >= 0.3 is 0 Å². The summed E-state index contributed by atoms with van der Waals surface area (Å²) < 4.78 is 0. The van der Waals surface area contributed by atoms with Crippen LogP contribution < -0.4 is 10.7 Å². The summed E-state index contributed by atoms with van der Waals surface area (Å²) in [5.41, 5.74) is 3.15. The van der Waals surface area contributed by atoms with Gasteiger partial charge in [0.2, 0.25) is 17.7 Å². The number of carbonyl (C=O) groups excluding carboxylic acids is 3. The molecule has 3 N–H and O–H groups in total. The monoisotopic (exact) mass is 628 g/mol. The van der Waals surface area contributed by atoms with Crippen molar-refractivity contribution in [3.63, 3.8) is 0 Å². The standard InChI is InChI=1S/C37H64N4O4/c1-5-9-22-41(39-36(44)30-18-14-11-15-19-30)27-34(42)33(25-29-16-12-10-13-17-29)38-35(43)31-23-28(8-4)24-32(26-31)37(45)40(20-6-2)21-7-3/h4,28-34,42H,5-7,9-27H2,1-3H3,(H,38,43)(H,39,44). The van der Waals surface area contributed by atoms with Crippen molar-refractivity contribution in [2.45, 2.75) is 148 Å². The fourth-order valence-electron chi connectivity index (χ4n) is 7.90. The summed E-state index contributed by atoms with van der Waals surface area (Å²) in [5.74, 6) is 2.70. The van der Waals surface area contributed by atoms with E-state index < -0.39 is 12.1 Å². The zero-order valence-corrected chi connectivity index (χ0v) is 28.7. The molecule has 8 heteroatoms. The molecule has 5 unspecified atom stereocenters. The highest BCUT2D eigenvalue weighted by molar-refractivity contribution is 5.83. The van der Waals surface area contributed by atoms with Crippen LogP contribution >= 0.6 is 0 Å². The van der Waals surface area contributed by atoms with Gasteiger partial charge in [-0.05, 0) is 63.7 Å². The van der Waals surface area contributed by atoms with Crippen LogP contribution in [0.25, 0.3) is 0 Å². The third kappa shape index (κ3) is 12.2. The second kappa shape index (κ2) is 20.2. The van der Waals surface area contributed by atoms with Crippen LogP contribution in [0.1, 0.15) is 136 Å². The first-order valence-electron chi connectivity index (χ1n) is 18.6. The van der Waals surface area contributed by atoms with Crippen LogP contribution in [0.4, 0.5) is 0 Å². The Hall–Kier alpha value is -2.11. The maximum Gasteiger partial charge on any atom is 0.237 e. The summed E-state index contributed by atoms with van der Waals surface area (Å²) in [7, 11) is 0. The fraction of sp³-hybridized carbons (Fsp3) is 0.865. The number of nitrogens with one attached hydrogen (secondary N) is 2. The molecule has 3 rings (SSSR count). The van der Waals surface area contributed by atoms with Crippen molar-refractivity contribution >= 4 is 17.7 Å². The molecular weight excluding hydrogens is 564 g/mol. The van der Waals surface area contributed by atoms with Gasteiger partial charge in [-0.25, -0.2) is 5.01 Å². The van der Waals surface area contributed by atoms with Gasteiger partial charge < -0.3 is 15.3 Å². The van der Waals surface area contributed by atoms with Crippen molar-refractivity contribution in [3.05, 3.63) is 0 Å². The van der Waals surface area contributed by atoms with Crippen LogP contribution in [-0.2, 0) is 14.4 Å².